The van der Waals surface area contributed by atoms with Crippen LogP contribution in [0.1, 0.15) is 12.8 Å². The van der Waals surface area contributed by atoms with E-state index in [-0.39, 0.29) is 11.9 Å². The minimum atomic E-state index is 0.0440. The fraction of sp³-hybridized carbons (Fsp3) is 0.857. The van der Waals surface area contributed by atoms with Crippen molar-refractivity contribution in [3.05, 3.63) is 0 Å². The highest BCUT2D eigenvalue weighted by atomic mass is 33.1. The lowest BCUT2D eigenvalue weighted by Gasteiger charge is -2.22. The molecule has 0 bridgehead atoms. The van der Waals surface area contributed by atoms with Gasteiger partial charge >= 0.3 is 0 Å². The average Bonchev–Trinajstić information content (AvgIpc) is 2.49. The predicted molar refractivity (Wildman–Crippen MR) is 55.0 cm³/mol. The van der Waals surface area contributed by atoms with Gasteiger partial charge in [0.1, 0.15) is 0 Å². The maximum atomic E-state index is 11.6. The highest BCUT2D eigenvalue weighted by Crippen LogP contribution is 2.27. The fourth-order valence-corrected chi connectivity index (χ4v) is 2.49. The highest BCUT2D eigenvalue weighted by Gasteiger charge is 2.31. The van der Waals surface area contributed by atoms with Crippen LogP contribution >= 0.6 is 22.6 Å². The molecule has 1 aliphatic heterocycles. The van der Waals surface area contributed by atoms with Crippen molar-refractivity contribution in [2.45, 2.75) is 18.9 Å². The summed E-state index contributed by atoms with van der Waals surface area (Å²) in [4.78, 5) is 13.2. The van der Waals surface area contributed by atoms with Crippen LogP contribution < -0.4 is 0 Å². The van der Waals surface area contributed by atoms with E-state index in [1.807, 2.05) is 4.31 Å². The van der Waals surface area contributed by atoms with E-state index in [0.717, 1.165) is 19.4 Å². The topological polar surface area (TPSA) is 23.6 Å². The van der Waals surface area contributed by atoms with Gasteiger partial charge in [-0.1, -0.05) is 11.7 Å². The van der Waals surface area contributed by atoms with Crippen LogP contribution in [-0.4, -0.2) is 41.8 Å². The summed E-state index contributed by atoms with van der Waals surface area (Å²) >= 11 is 4.11. The quantitative estimate of drug-likeness (QED) is 0.415. The summed E-state index contributed by atoms with van der Waals surface area (Å²) in [5.74, 6) is 0.189. The standard InChI is InChI=1S/C7H14N2OS2/c1-8(2)7(10)6-4-3-5-9(6)12-11/h6,11H,3-5H2,1-2H3. The Bertz CT molecular complexity index is 175. The van der Waals surface area contributed by atoms with Crippen molar-refractivity contribution >= 4 is 28.5 Å². The molecule has 1 aliphatic rings. The van der Waals surface area contributed by atoms with E-state index >= 15 is 0 Å². The zero-order valence-electron chi connectivity index (χ0n) is 7.36. The molecule has 1 fully saturated rings. The van der Waals surface area contributed by atoms with Gasteiger partial charge in [-0.15, -0.1) is 0 Å². The average molecular weight is 206 g/mol. The van der Waals surface area contributed by atoms with Gasteiger partial charge in [-0.3, -0.25) is 4.79 Å². The molecule has 3 nitrogen and oxygen atoms in total. The minimum Gasteiger partial charge on any atom is -0.347 e. The second kappa shape index (κ2) is 4.39. The molecular formula is C7H14N2OS2. The maximum Gasteiger partial charge on any atom is 0.240 e. The van der Waals surface area contributed by atoms with Crippen molar-refractivity contribution in [3.8, 4) is 0 Å². The Labute approximate surface area is 82.4 Å². The molecule has 0 aromatic heterocycles. The molecule has 0 aromatic rings. The number of thiol groups is 1. The summed E-state index contributed by atoms with van der Waals surface area (Å²) in [6, 6.07) is 0.0440. The summed E-state index contributed by atoms with van der Waals surface area (Å²) in [6.07, 6.45) is 2.06. The number of likely N-dealkylation sites (N-methyl/N-ethyl adjacent to an activating group) is 1. The number of carbonyl (C=O) groups excluding carboxylic acids is 1. The van der Waals surface area contributed by atoms with Crippen LogP contribution in [0.3, 0.4) is 0 Å². The van der Waals surface area contributed by atoms with Gasteiger partial charge < -0.3 is 4.90 Å². The number of rotatable bonds is 2. The van der Waals surface area contributed by atoms with Crippen LogP contribution in [0.4, 0.5) is 0 Å². The van der Waals surface area contributed by atoms with Gasteiger partial charge in [-0.2, -0.15) is 0 Å². The molecule has 0 aliphatic carbocycles. The molecular weight excluding hydrogens is 192 g/mol. The highest BCUT2D eigenvalue weighted by molar-refractivity contribution is 8.67. The lowest BCUT2D eigenvalue weighted by molar-refractivity contribution is -0.131. The van der Waals surface area contributed by atoms with Crippen molar-refractivity contribution in [2.24, 2.45) is 0 Å². The summed E-state index contributed by atoms with van der Waals surface area (Å²) in [5.41, 5.74) is 0. The van der Waals surface area contributed by atoms with Gasteiger partial charge in [0.15, 0.2) is 0 Å². The summed E-state index contributed by atoms with van der Waals surface area (Å²) in [6.45, 7) is 0.971. The van der Waals surface area contributed by atoms with Gasteiger partial charge in [-0.05, 0) is 23.8 Å². The van der Waals surface area contributed by atoms with Crippen LogP contribution in [0.5, 0.6) is 0 Å². The fourth-order valence-electron chi connectivity index (χ4n) is 1.38. The van der Waals surface area contributed by atoms with Crippen molar-refractivity contribution in [2.75, 3.05) is 20.6 Å². The largest absolute Gasteiger partial charge is 0.347 e. The first-order valence-electron chi connectivity index (χ1n) is 3.96. The molecule has 0 saturated carbocycles. The molecule has 1 unspecified atom stereocenters. The van der Waals surface area contributed by atoms with E-state index in [9.17, 15) is 4.79 Å². The van der Waals surface area contributed by atoms with Crippen LogP contribution in [0, 0.1) is 0 Å². The number of amides is 1. The van der Waals surface area contributed by atoms with E-state index in [0.29, 0.717) is 0 Å². The molecule has 1 heterocycles. The van der Waals surface area contributed by atoms with Gasteiger partial charge in [0.25, 0.3) is 0 Å². The summed E-state index contributed by atoms with van der Waals surface area (Å²) in [5, 5.41) is 0. The SMILES string of the molecule is CN(C)C(=O)C1CCCN1SS. The number of hydrogen-bond donors (Lipinski definition) is 1. The summed E-state index contributed by atoms with van der Waals surface area (Å²) < 4.78 is 2.03. The first-order chi connectivity index (χ1) is 5.66. The minimum absolute atomic E-state index is 0.0440. The van der Waals surface area contributed by atoms with E-state index in [1.54, 1.807) is 19.0 Å². The van der Waals surface area contributed by atoms with Crippen molar-refractivity contribution in [3.63, 3.8) is 0 Å². The molecule has 1 saturated heterocycles. The predicted octanol–water partition coefficient (Wildman–Crippen LogP) is 1.03. The molecule has 12 heavy (non-hydrogen) atoms. The monoisotopic (exact) mass is 206 g/mol. The zero-order valence-corrected chi connectivity index (χ0v) is 9.07. The van der Waals surface area contributed by atoms with E-state index in [2.05, 4.69) is 11.7 Å². The zero-order chi connectivity index (χ0) is 9.14. The lowest BCUT2D eigenvalue weighted by atomic mass is 10.2. The Hall–Kier alpha value is 0.130. The van der Waals surface area contributed by atoms with Crippen LogP contribution in [0.25, 0.3) is 0 Å². The maximum absolute atomic E-state index is 11.6. The molecule has 5 heteroatoms. The van der Waals surface area contributed by atoms with E-state index < -0.39 is 0 Å². The Kier molecular flexibility index (Phi) is 3.74. The third-order valence-corrected chi connectivity index (χ3v) is 3.31. The smallest absolute Gasteiger partial charge is 0.240 e. The third kappa shape index (κ3) is 2.08. The number of nitrogens with zero attached hydrogens (tertiary/aromatic N) is 2. The second-order valence-electron chi connectivity index (χ2n) is 3.11. The van der Waals surface area contributed by atoms with Crippen molar-refractivity contribution in [1.82, 2.24) is 9.21 Å². The number of carbonyl (C=O) groups is 1. The molecule has 1 amide bonds. The molecule has 70 valence electrons. The molecule has 1 rings (SSSR count). The van der Waals surface area contributed by atoms with E-state index in [4.69, 9.17) is 0 Å². The Balaban J connectivity index is 2.55. The van der Waals surface area contributed by atoms with Crippen molar-refractivity contribution < 1.29 is 4.79 Å². The van der Waals surface area contributed by atoms with Crippen LogP contribution in [0.15, 0.2) is 0 Å². The Morgan fingerprint density at radius 1 is 1.67 bits per heavy atom. The van der Waals surface area contributed by atoms with Gasteiger partial charge in [0.05, 0.1) is 6.04 Å². The normalized spacial score (nSPS) is 24.4. The molecule has 0 radical (unpaired) electrons. The van der Waals surface area contributed by atoms with Crippen molar-refractivity contribution in [1.29, 1.82) is 0 Å². The number of hydrogen-bond acceptors (Lipinski definition) is 4. The second-order valence-corrected chi connectivity index (χ2v) is 4.24. The van der Waals surface area contributed by atoms with Gasteiger partial charge in [-0.25, -0.2) is 4.31 Å². The van der Waals surface area contributed by atoms with E-state index in [1.165, 1.54) is 11.0 Å². The van der Waals surface area contributed by atoms with Gasteiger partial charge in [0.2, 0.25) is 5.91 Å². The molecule has 0 aromatic carbocycles. The summed E-state index contributed by atoms with van der Waals surface area (Å²) in [7, 11) is 4.95. The third-order valence-electron chi connectivity index (χ3n) is 2.03. The first-order valence-corrected chi connectivity index (χ1v) is 5.78. The molecule has 0 N–H and O–H groups in total. The van der Waals surface area contributed by atoms with Crippen LogP contribution in [0.2, 0.25) is 0 Å². The van der Waals surface area contributed by atoms with Crippen LogP contribution in [-0.2, 0) is 4.79 Å². The first kappa shape index (κ1) is 10.2. The Morgan fingerprint density at radius 2 is 2.33 bits per heavy atom. The lowest BCUT2D eigenvalue weighted by Crippen LogP contribution is -2.39. The Morgan fingerprint density at radius 3 is 2.83 bits per heavy atom. The van der Waals surface area contributed by atoms with Gasteiger partial charge in [0, 0.05) is 20.6 Å². The molecule has 0 spiro atoms. The molecule has 1 atom stereocenters.